The van der Waals surface area contributed by atoms with Crippen molar-refractivity contribution >= 4 is 23.2 Å². The van der Waals surface area contributed by atoms with Crippen molar-refractivity contribution in [1.82, 2.24) is 0 Å². The normalized spacial score (nSPS) is 29.2. The molecule has 1 fully saturated rings. The topological polar surface area (TPSA) is 147 Å². The molecule has 28 heavy (non-hydrogen) atoms. The van der Waals surface area contributed by atoms with Crippen LogP contribution in [0.15, 0.2) is 35.1 Å². The van der Waals surface area contributed by atoms with Gasteiger partial charge in [-0.15, -0.1) is 0 Å². The predicted octanol–water partition coefficient (Wildman–Crippen LogP) is 0.512. The van der Waals surface area contributed by atoms with Crippen LogP contribution in [0.2, 0.25) is 0 Å². The van der Waals surface area contributed by atoms with Crippen LogP contribution in [0.4, 0.5) is 0 Å². The van der Waals surface area contributed by atoms with Crippen LogP contribution in [-0.4, -0.2) is 45.5 Å². The predicted molar refractivity (Wildman–Crippen MR) is 95.8 cm³/mol. The maximum absolute atomic E-state index is 13.2. The van der Waals surface area contributed by atoms with Gasteiger partial charge in [0.15, 0.2) is 5.60 Å². The van der Waals surface area contributed by atoms with Gasteiger partial charge in [-0.25, -0.2) is 0 Å². The lowest BCUT2D eigenvalue weighted by Crippen LogP contribution is -2.61. The third-order valence-electron chi connectivity index (χ3n) is 6.02. The number of phenols is 1. The zero-order valence-corrected chi connectivity index (χ0v) is 15.1. The van der Waals surface area contributed by atoms with Crippen LogP contribution >= 0.6 is 0 Å². The van der Waals surface area contributed by atoms with E-state index < -0.39 is 46.2 Å². The minimum atomic E-state index is -2.51. The largest absolute Gasteiger partial charge is 0.507 e. The van der Waals surface area contributed by atoms with Gasteiger partial charge in [0.25, 0.3) is 5.91 Å². The lowest BCUT2D eigenvalue weighted by molar-refractivity contribution is -0.158. The number of ketones is 2. The number of fused-ring (bicyclic) bond motifs is 3. The molecule has 0 aliphatic heterocycles. The van der Waals surface area contributed by atoms with Gasteiger partial charge >= 0.3 is 0 Å². The Bertz CT molecular complexity index is 1010. The lowest BCUT2D eigenvalue weighted by atomic mass is 9.58. The molecule has 0 aromatic heterocycles. The fourth-order valence-electron chi connectivity index (χ4n) is 4.72. The minimum Gasteiger partial charge on any atom is -0.507 e. The number of methoxy groups -OCH3 is 1. The molecule has 3 atom stereocenters. The molecule has 8 nitrogen and oxygen atoms in total. The highest BCUT2D eigenvalue weighted by Gasteiger charge is 2.61. The molecule has 4 rings (SSSR count). The summed E-state index contributed by atoms with van der Waals surface area (Å²) in [5, 5.41) is 32.0. The molecule has 5 N–H and O–H groups in total. The van der Waals surface area contributed by atoms with Crippen LogP contribution < -0.4 is 5.73 Å². The highest BCUT2D eigenvalue weighted by atomic mass is 16.5. The number of ether oxygens (including phenoxy) is 1. The smallest absolute Gasteiger partial charge is 0.255 e. The molecule has 3 aliphatic rings. The average molecular weight is 385 g/mol. The average Bonchev–Trinajstić information content (AvgIpc) is 2.63. The fourth-order valence-corrected chi connectivity index (χ4v) is 4.72. The first-order chi connectivity index (χ1) is 13.2. The molecule has 1 saturated carbocycles. The van der Waals surface area contributed by atoms with E-state index >= 15 is 0 Å². The van der Waals surface area contributed by atoms with E-state index in [1.54, 1.807) is 12.1 Å². The molecule has 1 aromatic rings. The first-order valence-electron chi connectivity index (χ1n) is 8.85. The summed E-state index contributed by atoms with van der Waals surface area (Å²) >= 11 is 0. The number of carbonyl (C=O) groups is 3. The highest BCUT2D eigenvalue weighted by Crippen LogP contribution is 2.51. The molecular weight excluding hydrogens is 366 g/mol. The number of hydrogen-bond donors (Lipinski definition) is 4. The third-order valence-corrected chi connectivity index (χ3v) is 6.02. The van der Waals surface area contributed by atoms with Crippen LogP contribution in [-0.2, 0) is 25.5 Å². The maximum Gasteiger partial charge on any atom is 0.255 e. The van der Waals surface area contributed by atoms with Crippen molar-refractivity contribution < 1.29 is 34.4 Å². The zero-order valence-electron chi connectivity index (χ0n) is 15.1. The second-order valence-corrected chi connectivity index (χ2v) is 7.40. The van der Waals surface area contributed by atoms with Crippen LogP contribution in [0.5, 0.6) is 5.75 Å². The zero-order chi connectivity index (χ0) is 20.4. The van der Waals surface area contributed by atoms with Gasteiger partial charge in [-0.2, -0.15) is 0 Å². The summed E-state index contributed by atoms with van der Waals surface area (Å²) in [5.74, 6) is -5.01. The number of aliphatic hydroxyl groups is 2. The van der Waals surface area contributed by atoms with Crippen LogP contribution in [0.1, 0.15) is 24.0 Å². The first kappa shape index (κ1) is 18.2. The Labute approximate surface area is 159 Å². The summed E-state index contributed by atoms with van der Waals surface area (Å²) in [4.78, 5) is 37.9. The quantitative estimate of drug-likeness (QED) is 0.428. The molecule has 0 spiro atoms. The molecule has 0 heterocycles. The second kappa shape index (κ2) is 5.93. The van der Waals surface area contributed by atoms with Crippen molar-refractivity contribution in [2.75, 3.05) is 7.11 Å². The van der Waals surface area contributed by atoms with Crippen molar-refractivity contribution in [1.29, 1.82) is 0 Å². The number of phenolic OH excluding ortho intramolecular Hbond substituents is 1. The third kappa shape index (κ3) is 2.18. The molecular formula is C20H19NO7. The Hall–Kier alpha value is -3.13. The van der Waals surface area contributed by atoms with E-state index in [4.69, 9.17) is 10.5 Å². The van der Waals surface area contributed by atoms with Crippen LogP contribution in [0, 0.1) is 11.8 Å². The Balaban J connectivity index is 1.90. The number of Topliss-reactive ketones (excluding diaryl/α,β-unsaturated/α-hetero) is 2. The monoisotopic (exact) mass is 385 g/mol. The Kier molecular flexibility index (Phi) is 3.87. The van der Waals surface area contributed by atoms with Gasteiger partial charge in [-0.1, -0.05) is 12.1 Å². The van der Waals surface area contributed by atoms with Gasteiger partial charge in [-0.3, -0.25) is 14.4 Å². The number of hydrogen-bond acceptors (Lipinski definition) is 7. The van der Waals surface area contributed by atoms with Gasteiger partial charge in [0.2, 0.25) is 11.6 Å². The van der Waals surface area contributed by atoms with Crippen molar-refractivity contribution in [2.45, 2.75) is 24.9 Å². The van der Waals surface area contributed by atoms with E-state index in [9.17, 15) is 29.7 Å². The second-order valence-electron chi connectivity index (χ2n) is 7.40. The standard InChI is InChI=1S/C20H19NO7/c1-28-12-7-10-6-9-5-8-3-2-4-11(22)13(8)16(23)14(9)17(24)20(10,27)18(25)15(12)19(21)26/h2-4,9-10,22-23,27H,5-7H2,1H3,(H2,21,26)/t9?,10-,20-/m0/s1. The summed E-state index contributed by atoms with van der Waals surface area (Å²) in [6, 6.07) is 4.76. The van der Waals surface area contributed by atoms with Crippen molar-refractivity contribution in [3.05, 3.63) is 46.2 Å². The highest BCUT2D eigenvalue weighted by molar-refractivity contribution is 6.32. The van der Waals surface area contributed by atoms with Gasteiger partial charge in [-0.05, 0) is 30.4 Å². The Morgan fingerprint density at radius 2 is 1.93 bits per heavy atom. The summed E-state index contributed by atoms with van der Waals surface area (Å²) in [6.07, 6.45) is 0.589. The molecule has 1 unspecified atom stereocenters. The van der Waals surface area contributed by atoms with Crippen molar-refractivity contribution in [2.24, 2.45) is 17.6 Å². The molecule has 3 aliphatic carbocycles. The maximum atomic E-state index is 13.2. The summed E-state index contributed by atoms with van der Waals surface area (Å²) < 4.78 is 5.13. The fraction of sp³-hybridized carbons (Fsp3) is 0.350. The van der Waals surface area contributed by atoms with E-state index in [1.807, 2.05) is 0 Å². The number of aliphatic hydroxyl groups excluding tert-OH is 1. The van der Waals surface area contributed by atoms with Gasteiger partial charge in [0.05, 0.1) is 12.7 Å². The van der Waals surface area contributed by atoms with Crippen LogP contribution in [0.25, 0.3) is 5.76 Å². The number of benzene rings is 1. The Morgan fingerprint density at radius 3 is 2.57 bits per heavy atom. The molecule has 1 amide bonds. The number of primary amides is 1. The van der Waals surface area contributed by atoms with Gasteiger partial charge < -0.3 is 25.8 Å². The van der Waals surface area contributed by atoms with E-state index in [0.29, 0.717) is 12.0 Å². The number of carbonyl (C=O) groups excluding carboxylic acids is 3. The van der Waals surface area contributed by atoms with E-state index in [-0.39, 0.29) is 35.5 Å². The molecule has 8 heteroatoms. The molecule has 0 saturated heterocycles. The van der Waals surface area contributed by atoms with Crippen LogP contribution in [0.3, 0.4) is 0 Å². The van der Waals surface area contributed by atoms with E-state index in [1.165, 1.54) is 13.2 Å². The molecule has 1 aromatic carbocycles. The van der Waals surface area contributed by atoms with Gasteiger partial charge in [0, 0.05) is 17.9 Å². The minimum absolute atomic E-state index is 0.000191. The van der Waals surface area contributed by atoms with Crippen molar-refractivity contribution in [3.8, 4) is 5.75 Å². The number of rotatable bonds is 2. The number of allylic oxidation sites excluding steroid dienone is 1. The summed E-state index contributed by atoms with van der Waals surface area (Å²) in [6.45, 7) is 0. The molecule has 0 radical (unpaired) electrons. The van der Waals surface area contributed by atoms with E-state index in [0.717, 1.165) is 0 Å². The lowest BCUT2D eigenvalue weighted by Gasteiger charge is -2.45. The summed E-state index contributed by atoms with van der Waals surface area (Å²) in [5.41, 5.74) is 2.92. The summed E-state index contributed by atoms with van der Waals surface area (Å²) in [7, 11) is 1.29. The van der Waals surface area contributed by atoms with Gasteiger partial charge in [0.1, 0.15) is 22.8 Å². The van der Waals surface area contributed by atoms with Crippen molar-refractivity contribution in [3.63, 3.8) is 0 Å². The van der Waals surface area contributed by atoms with E-state index in [2.05, 4.69) is 0 Å². The SMILES string of the molecule is COC1=C(C(N)=O)C(=O)[C@@]2(O)C(=O)C3=C(O)c4c(O)cccc4CC3C[C@H]2C1. The first-order valence-corrected chi connectivity index (χ1v) is 8.85. The molecule has 146 valence electrons. The number of nitrogens with two attached hydrogens (primary N) is 1. The Morgan fingerprint density at radius 1 is 1.21 bits per heavy atom. The molecule has 0 bridgehead atoms. The number of aromatic hydroxyl groups is 1. The number of amides is 1.